The fourth-order valence-electron chi connectivity index (χ4n) is 3.34. The molecule has 1 aliphatic rings. The van der Waals surface area contributed by atoms with Gasteiger partial charge in [0, 0.05) is 23.7 Å². The first-order valence-corrected chi connectivity index (χ1v) is 10.9. The number of hydrogen-bond donors (Lipinski definition) is 0. The summed E-state index contributed by atoms with van der Waals surface area (Å²) >= 11 is 5.87. The van der Waals surface area contributed by atoms with Crippen molar-refractivity contribution in [3.8, 4) is 5.75 Å². The van der Waals surface area contributed by atoms with Gasteiger partial charge in [-0.2, -0.15) is 0 Å². The van der Waals surface area contributed by atoms with Gasteiger partial charge in [-0.05, 0) is 67.8 Å². The Morgan fingerprint density at radius 3 is 2.19 bits per heavy atom. The number of hydrogen-bond acceptors (Lipinski definition) is 5. The van der Waals surface area contributed by atoms with Crippen LogP contribution in [-0.2, 0) is 9.53 Å². The van der Waals surface area contributed by atoms with Gasteiger partial charge in [0.25, 0.3) is 5.91 Å². The van der Waals surface area contributed by atoms with Crippen molar-refractivity contribution in [1.82, 2.24) is 4.90 Å². The molecule has 0 N–H and O–H groups in total. The van der Waals surface area contributed by atoms with Crippen molar-refractivity contribution < 1.29 is 23.9 Å². The fraction of sp³-hybridized carbons (Fsp3) is 0.375. The Morgan fingerprint density at radius 1 is 0.968 bits per heavy atom. The maximum Gasteiger partial charge on any atom is 0.338 e. The van der Waals surface area contributed by atoms with Gasteiger partial charge < -0.3 is 14.4 Å². The molecule has 3 rings (SSSR count). The van der Waals surface area contributed by atoms with Crippen LogP contribution in [0.1, 0.15) is 53.3 Å². The van der Waals surface area contributed by atoms with Gasteiger partial charge in [0.05, 0.1) is 18.1 Å². The van der Waals surface area contributed by atoms with Gasteiger partial charge in [-0.15, -0.1) is 0 Å². The van der Waals surface area contributed by atoms with Gasteiger partial charge in [0.2, 0.25) is 0 Å². The Kier molecular flexibility index (Phi) is 8.06. The minimum absolute atomic E-state index is 0.0649. The summed E-state index contributed by atoms with van der Waals surface area (Å²) in [4.78, 5) is 38.8. The summed E-state index contributed by atoms with van der Waals surface area (Å²) in [6.45, 7) is 3.40. The Morgan fingerprint density at radius 2 is 1.58 bits per heavy atom. The van der Waals surface area contributed by atoms with Crippen molar-refractivity contribution in [2.45, 2.75) is 32.6 Å². The summed E-state index contributed by atoms with van der Waals surface area (Å²) < 4.78 is 10.6. The highest BCUT2D eigenvalue weighted by molar-refractivity contribution is 6.30. The number of esters is 2. The van der Waals surface area contributed by atoms with Crippen molar-refractivity contribution >= 4 is 29.4 Å². The normalized spacial score (nSPS) is 14.2. The van der Waals surface area contributed by atoms with E-state index in [4.69, 9.17) is 21.1 Å². The number of rotatable bonds is 7. The van der Waals surface area contributed by atoms with Crippen molar-refractivity contribution in [1.29, 1.82) is 0 Å². The molecule has 0 aromatic heterocycles. The molecule has 2 aromatic rings. The largest absolute Gasteiger partial charge is 0.462 e. The number of unbranched alkanes of at least 4 members (excludes halogenated alkanes) is 1. The first-order valence-electron chi connectivity index (χ1n) is 10.5. The van der Waals surface area contributed by atoms with Crippen LogP contribution < -0.4 is 4.74 Å². The molecule has 0 bridgehead atoms. The van der Waals surface area contributed by atoms with E-state index in [-0.39, 0.29) is 23.8 Å². The van der Waals surface area contributed by atoms with Gasteiger partial charge >= 0.3 is 11.9 Å². The van der Waals surface area contributed by atoms with E-state index in [1.54, 1.807) is 53.4 Å². The maximum atomic E-state index is 12.6. The van der Waals surface area contributed by atoms with Crippen LogP contribution in [0.4, 0.5) is 0 Å². The molecule has 1 saturated heterocycles. The van der Waals surface area contributed by atoms with Gasteiger partial charge in [-0.1, -0.05) is 24.9 Å². The molecule has 0 spiro atoms. The minimum Gasteiger partial charge on any atom is -0.462 e. The van der Waals surface area contributed by atoms with Crippen LogP contribution in [0.25, 0.3) is 0 Å². The second-order valence-corrected chi connectivity index (χ2v) is 7.94. The zero-order valence-corrected chi connectivity index (χ0v) is 18.3. The third-order valence-electron chi connectivity index (χ3n) is 5.25. The van der Waals surface area contributed by atoms with Crippen LogP contribution in [0.15, 0.2) is 48.5 Å². The lowest BCUT2D eigenvalue weighted by Crippen LogP contribution is -2.41. The van der Waals surface area contributed by atoms with Crippen LogP contribution in [0.5, 0.6) is 5.75 Å². The van der Waals surface area contributed by atoms with E-state index in [9.17, 15) is 14.4 Å². The number of ether oxygens (including phenoxy) is 2. The minimum atomic E-state index is -0.385. The van der Waals surface area contributed by atoms with Crippen LogP contribution in [-0.4, -0.2) is 42.4 Å². The average molecular weight is 444 g/mol. The van der Waals surface area contributed by atoms with Crippen molar-refractivity contribution in [2.24, 2.45) is 5.92 Å². The number of nitrogens with zero attached hydrogens (tertiary/aromatic N) is 1. The molecule has 1 aliphatic heterocycles. The zero-order chi connectivity index (χ0) is 22.2. The Balaban J connectivity index is 1.48. The molecule has 2 aromatic carbocycles. The lowest BCUT2D eigenvalue weighted by atomic mass is 9.96. The third-order valence-corrected chi connectivity index (χ3v) is 5.50. The van der Waals surface area contributed by atoms with Crippen molar-refractivity contribution in [3.63, 3.8) is 0 Å². The highest BCUT2D eigenvalue weighted by Gasteiger charge is 2.29. The fourth-order valence-corrected chi connectivity index (χ4v) is 3.47. The van der Waals surface area contributed by atoms with Gasteiger partial charge in [0.1, 0.15) is 5.75 Å². The molecule has 164 valence electrons. The lowest BCUT2D eigenvalue weighted by Gasteiger charge is -2.31. The zero-order valence-electron chi connectivity index (χ0n) is 17.5. The predicted octanol–water partition coefficient (Wildman–Crippen LogP) is 4.75. The number of benzene rings is 2. The first-order chi connectivity index (χ1) is 15.0. The van der Waals surface area contributed by atoms with Crippen LogP contribution in [0, 0.1) is 5.92 Å². The highest BCUT2D eigenvalue weighted by atomic mass is 35.5. The summed E-state index contributed by atoms with van der Waals surface area (Å²) in [7, 11) is 0. The van der Waals surface area contributed by atoms with Crippen LogP contribution >= 0.6 is 11.6 Å². The van der Waals surface area contributed by atoms with Gasteiger partial charge in [-0.3, -0.25) is 9.59 Å². The van der Waals surface area contributed by atoms with E-state index < -0.39 is 0 Å². The third kappa shape index (κ3) is 6.31. The van der Waals surface area contributed by atoms with E-state index in [0.717, 1.165) is 12.8 Å². The Hall–Kier alpha value is -2.86. The van der Waals surface area contributed by atoms with Crippen LogP contribution in [0.3, 0.4) is 0 Å². The molecule has 0 atom stereocenters. The molecule has 1 amide bonds. The van der Waals surface area contributed by atoms with Crippen LogP contribution in [0.2, 0.25) is 5.02 Å². The summed E-state index contributed by atoms with van der Waals surface area (Å²) in [6.07, 6.45) is 2.86. The molecule has 1 heterocycles. The topological polar surface area (TPSA) is 72.9 Å². The number of likely N-dealkylation sites (tertiary alicyclic amines) is 1. The molecule has 0 aliphatic carbocycles. The molecule has 0 radical (unpaired) electrons. The van der Waals surface area contributed by atoms with E-state index in [0.29, 0.717) is 54.4 Å². The number of halogens is 1. The van der Waals surface area contributed by atoms with E-state index in [2.05, 4.69) is 0 Å². The molecular weight excluding hydrogens is 418 g/mol. The average Bonchev–Trinajstić information content (AvgIpc) is 2.80. The Bertz CT molecular complexity index is 903. The maximum absolute atomic E-state index is 12.6. The highest BCUT2D eigenvalue weighted by Crippen LogP contribution is 2.23. The molecule has 0 unspecified atom stereocenters. The number of piperidine rings is 1. The quantitative estimate of drug-likeness (QED) is 0.350. The molecule has 31 heavy (non-hydrogen) atoms. The molecule has 0 saturated carbocycles. The second kappa shape index (κ2) is 11.0. The molecule has 1 fully saturated rings. The number of carbonyl (C=O) groups excluding carboxylic acids is 3. The predicted molar refractivity (Wildman–Crippen MR) is 117 cm³/mol. The second-order valence-electron chi connectivity index (χ2n) is 7.51. The summed E-state index contributed by atoms with van der Waals surface area (Å²) in [5.74, 6) is -0.659. The van der Waals surface area contributed by atoms with Crippen molar-refractivity contribution in [3.05, 3.63) is 64.7 Å². The SMILES string of the molecule is CCCCOC(=O)c1ccc(OC(=O)C2CCN(C(=O)c3ccc(Cl)cc3)CC2)cc1. The van der Waals surface area contributed by atoms with E-state index in [1.807, 2.05) is 6.92 Å². The van der Waals surface area contributed by atoms with Gasteiger partial charge in [-0.25, -0.2) is 4.79 Å². The smallest absolute Gasteiger partial charge is 0.338 e. The molecular formula is C24H26ClNO5. The molecule has 6 nitrogen and oxygen atoms in total. The first kappa shape index (κ1) is 22.8. The Labute approximate surface area is 187 Å². The van der Waals surface area contributed by atoms with E-state index in [1.165, 1.54) is 0 Å². The summed E-state index contributed by atoms with van der Waals surface area (Å²) in [5, 5.41) is 0.583. The van der Waals surface area contributed by atoms with Crippen molar-refractivity contribution in [2.75, 3.05) is 19.7 Å². The van der Waals surface area contributed by atoms with Gasteiger partial charge in [0.15, 0.2) is 0 Å². The summed E-state index contributed by atoms with van der Waals surface area (Å²) in [6, 6.07) is 13.1. The molecule has 7 heteroatoms. The number of amides is 1. The number of carbonyl (C=O) groups is 3. The lowest BCUT2D eigenvalue weighted by molar-refractivity contribution is -0.140. The standard InChI is InChI=1S/C24H26ClNO5/c1-2-3-16-30-23(28)18-6-10-21(11-7-18)31-24(29)19-12-14-26(15-13-19)22(27)17-4-8-20(25)9-5-17/h4-11,19H,2-3,12-16H2,1H3. The monoisotopic (exact) mass is 443 g/mol. The van der Waals surface area contributed by atoms with E-state index >= 15 is 0 Å². The summed E-state index contributed by atoms with van der Waals surface area (Å²) in [5.41, 5.74) is 1.00.